The van der Waals surface area contributed by atoms with E-state index in [0.717, 1.165) is 6.07 Å². The van der Waals surface area contributed by atoms with Gasteiger partial charge in [0.25, 0.3) is 0 Å². The number of carbonyl (C=O) groups excluding carboxylic acids is 1. The van der Waals surface area contributed by atoms with Crippen LogP contribution in [-0.2, 0) is 11.0 Å². The van der Waals surface area contributed by atoms with Crippen molar-refractivity contribution in [2.75, 3.05) is 10.7 Å². The maximum Gasteiger partial charge on any atom is 0.416 e. The van der Waals surface area contributed by atoms with E-state index in [1.807, 2.05) is 6.92 Å². The van der Waals surface area contributed by atoms with E-state index < -0.39 is 23.9 Å². The molecule has 10 heteroatoms. The maximum absolute atomic E-state index is 13.8. The molecule has 1 aliphatic rings. The van der Waals surface area contributed by atoms with Crippen LogP contribution in [0.1, 0.15) is 31.2 Å². The normalized spacial score (nSPS) is 15.5. The Kier molecular flexibility index (Phi) is 5.57. The predicted molar refractivity (Wildman–Crippen MR) is 110 cm³/mol. The van der Waals surface area contributed by atoms with E-state index in [-0.39, 0.29) is 17.1 Å². The monoisotopic (exact) mass is 446 g/mol. The molecule has 0 spiro atoms. The van der Waals surface area contributed by atoms with Gasteiger partial charge in [0.05, 0.1) is 11.3 Å². The Morgan fingerprint density at radius 2 is 1.84 bits per heavy atom. The smallest absolute Gasteiger partial charge is 0.416 e. The zero-order valence-electron chi connectivity index (χ0n) is 16.6. The summed E-state index contributed by atoms with van der Waals surface area (Å²) >= 11 is 1.32. The highest BCUT2D eigenvalue weighted by Gasteiger charge is 2.41. The number of rotatable bonds is 3. The summed E-state index contributed by atoms with van der Waals surface area (Å²) in [5.41, 5.74) is 0.0262. The Morgan fingerprint density at radius 3 is 2.55 bits per heavy atom. The number of alkyl halides is 3. The fourth-order valence-corrected chi connectivity index (χ4v) is 3.92. The van der Waals surface area contributed by atoms with Crippen LogP contribution < -0.4 is 9.64 Å². The van der Waals surface area contributed by atoms with Gasteiger partial charge in [-0.2, -0.15) is 18.2 Å². The number of para-hydroxylation sites is 1. The van der Waals surface area contributed by atoms with Crippen LogP contribution in [0.15, 0.2) is 53.7 Å². The van der Waals surface area contributed by atoms with Gasteiger partial charge >= 0.3 is 6.18 Å². The summed E-state index contributed by atoms with van der Waals surface area (Å²) in [6.45, 7) is 3.19. The van der Waals surface area contributed by atoms with E-state index in [1.165, 1.54) is 41.8 Å². The third-order valence-corrected chi connectivity index (χ3v) is 5.38. The second-order valence-corrected chi connectivity index (χ2v) is 7.87. The number of hydrogen-bond donors (Lipinski definition) is 0. The van der Waals surface area contributed by atoms with Crippen LogP contribution in [0.5, 0.6) is 5.88 Å². The van der Waals surface area contributed by atoms with Gasteiger partial charge in [-0.15, -0.1) is 10.2 Å². The first-order valence-corrected chi connectivity index (χ1v) is 10.4. The van der Waals surface area contributed by atoms with Crippen molar-refractivity contribution >= 4 is 23.4 Å². The lowest BCUT2D eigenvalue weighted by Gasteiger charge is -2.31. The molecule has 160 valence electrons. The third-order valence-electron chi connectivity index (χ3n) is 4.66. The summed E-state index contributed by atoms with van der Waals surface area (Å²) in [5, 5.41) is 8.63. The van der Waals surface area contributed by atoms with Crippen molar-refractivity contribution in [2.24, 2.45) is 0 Å². The molecule has 6 nitrogen and oxygen atoms in total. The van der Waals surface area contributed by atoms with Crippen molar-refractivity contribution < 1.29 is 22.7 Å². The first-order valence-electron chi connectivity index (χ1n) is 9.40. The van der Waals surface area contributed by atoms with Crippen LogP contribution in [0.2, 0.25) is 0 Å². The Labute approximate surface area is 180 Å². The van der Waals surface area contributed by atoms with Gasteiger partial charge in [-0.3, -0.25) is 9.69 Å². The Morgan fingerprint density at radius 1 is 1.13 bits per heavy atom. The number of halogens is 3. The van der Waals surface area contributed by atoms with Crippen molar-refractivity contribution in [3.8, 4) is 17.1 Å². The molecular weight excluding hydrogens is 429 g/mol. The van der Waals surface area contributed by atoms with E-state index in [2.05, 4.69) is 15.2 Å². The summed E-state index contributed by atoms with van der Waals surface area (Å²) in [7, 11) is 0. The third kappa shape index (κ3) is 3.95. The Hall–Kier alpha value is -3.14. The molecule has 0 bridgehead atoms. The van der Waals surface area contributed by atoms with Gasteiger partial charge in [0.2, 0.25) is 23.2 Å². The number of amides is 1. The minimum absolute atomic E-state index is 0.0177. The Bertz CT molecular complexity index is 1140. The van der Waals surface area contributed by atoms with E-state index in [4.69, 9.17) is 4.74 Å². The molecular formula is C21H17F3N4O2S. The molecule has 1 aromatic heterocycles. The Balaban J connectivity index is 1.99. The number of thioether (sulfide) groups is 1. The van der Waals surface area contributed by atoms with Gasteiger partial charge in [-0.05, 0) is 17.9 Å². The average Bonchev–Trinajstić information content (AvgIpc) is 2.87. The minimum atomic E-state index is -4.63. The van der Waals surface area contributed by atoms with Crippen molar-refractivity contribution in [3.63, 3.8) is 0 Å². The molecule has 0 radical (unpaired) electrons. The molecule has 0 fully saturated rings. The number of anilines is 1. The summed E-state index contributed by atoms with van der Waals surface area (Å²) in [5.74, 6) is 0.208. The van der Waals surface area contributed by atoms with Crippen LogP contribution >= 0.6 is 11.8 Å². The van der Waals surface area contributed by atoms with Crippen LogP contribution in [0.4, 0.5) is 18.9 Å². The second kappa shape index (κ2) is 8.18. The maximum atomic E-state index is 13.8. The van der Waals surface area contributed by atoms with Gasteiger partial charge in [0.1, 0.15) is 0 Å². The summed E-state index contributed by atoms with van der Waals surface area (Å²) in [4.78, 5) is 18.2. The zero-order chi connectivity index (χ0) is 22.2. The molecule has 0 aliphatic carbocycles. The number of aromatic nitrogens is 3. The molecule has 0 N–H and O–H groups in total. The molecule has 1 atom stereocenters. The van der Waals surface area contributed by atoms with E-state index in [1.54, 1.807) is 24.3 Å². The molecule has 3 aromatic rings. The lowest BCUT2D eigenvalue weighted by Crippen LogP contribution is -2.37. The van der Waals surface area contributed by atoms with Gasteiger partial charge < -0.3 is 4.74 Å². The highest BCUT2D eigenvalue weighted by Crippen LogP contribution is 2.45. The molecule has 2 aromatic carbocycles. The predicted octanol–water partition coefficient (Wildman–Crippen LogP) is 5.11. The van der Waals surface area contributed by atoms with Crippen LogP contribution in [0.3, 0.4) is 0 Å². The van der Waals surface area contributed by atoms with Gasteiger partial charge in [-0.1, -0.05) is 55.1 Å². The number of hydrogen-bond acceptors (Lipinski definition) is 6. The van der Waals surface area contributed by atoms with Gasteiger partial charge in [0.15, 0.2) is 5.69 Å². The first kappa shape index (κ1) is 21.1. The molecule has 0 unspecified atom stereocenters. The van der Waals surface area contributed by atoms with Crippen molar-refractivity contribution in [3.05, 3.63) is 59.7 Å². The van der Waals surface area contributed by atoms with Crippen molar-refractivity contribution in [1.29, 1.82) is 0 Å². The highest BCUT2D eigenvalue weighted by atomic mass is 32.2. The molecule has 4 rings (SSSR count). The summed E-state index contributed by atoms with van der Waals surface area (Å²) < 4.78 is 47.4. The zero-order valence-corrected chi connectivity index (χ0v) is 17.4. The van der Waals surface area contributed by atoms with Crippen LogP contribution in [0.25, 0.3) is 11.3 Å². The number of benzene rings is 2. The summed E-state index contributed by atoms with van der Waals surface area (Å²) in [6.07, 6.45) is -6.03. The molecule has 1 aliphatic heterocycles. The summed E-state index contributed by atoms with van der Waals surface area (Å²) in [6, 6.07) is 11.8. The molecule has 0 saturated heterocycles. The van der Waals surface area contributed by atoms with Crippen LogP contribution in [0, 0.1) is 0 Å². The second-order valence-electron chi connectivity index (χ2n) is 6.64. The average molecular weight is 446 g/mol. The topological polar surface area (TPSA) is 68.2 Å². The lowest BCUT2D eigenvalue weighted by molar-refractivity contribution is -0.139. The molecule has 2 heterocycles. The highest BCUT2D eigenvalue weighted by molar-refractivity contribution is 7.99. The molecule has 0 saturated carbocycles. The van der Waals surface area contributed by atoms with E-state index >= 15 is 0 Å². The standard InChI is InChI=1S/C21H17F3N4O2S/c1-3-31-20-25-18-17(26-27-20)14-9-5-7-11-16(14)28(12(2)29)19(30-18)13-8-4-6-10-15(13)21(22,23)24/h4-11,19H,3H2,1-2H3/t19-/m1/s1. The minimum Gasteiger partial charge on any atom is -0.447 e. The fraction of sp³-hybridized carbons (Fsp3) is 0.238. The molecule has 1 amide bonds. The van der Waals surface area contributed by atoms with Gasteiger partial charge in [-0.25, -0.2) is 0 Å². The first-order chi connectivity index (χ1) is 14.8. The van der Waals surface area contributed by atoms with Crippen LogP contribution in [-0.4, -0.2) is 26.8 Å². The number of nitrogens with zero attached hydrogens (tertiary/aromatic N) is 4. The fourth-order valence-electron chi connectivity index (χ4n) is 3.42. The molecule has 31 heavy (non-hydrogen) atoms. The van der Waals surface area contributed by atoms with Gasteiger partial charge in [0, 0.05) is 18.1 Å². The quantitative estimate of drug-likeness (QED) is 0.521. The number of ether oxygens (including phenoxy) is 1. The largest absolute Gasteiger partial charge is 0.447 e. The van der Waals surface area contributed by atoms with Crippen molar-refractivity contribution in [1.82, 2.24) is 15.2 Å². The lowest BCUT2D eigenvalue weighted by atomic mass is 10.0. The van der Waals surface area contributed by atoms with E-state index in [0.29, 0.717) is 22.2 Å². The number of fused-ring (bicyclic) bond motifs is 3. The number of carbonyl (C=O) groups is 1. The van der Waals surface area contributed by atoms with Crippen molar-refractivity contribution in [2.45, 2.75) is 31.4 Å². The van der Waals surface area contributed by atoms with E-state index in [9.17, 15) is 18.0 Å². The SMILES string of the molecule is CCSc1nnc2c(n1)O[C@H](c1ccccc1C(F)(F)F)N(C(C)=O)c1ccccc1-2.